The van der Waals surface area contributed by atoms with E-state index in [0.717, 1.165) is 22.9 Å². The first-order chi connectivity index (χ1) is 9.50. The van der Waals surface area contributed by atoms with Gasteiger partial charge < -0.3 is 11.1 Å². The van der Waals surface area contributed by atoms with Gasteiger partial charge in [0, 0.05) is 29.0 Å². The minimum atomic E-state index is -0.278. The number of nitrogens with zero attached hydrogens (tertiary/aromatic N) is 2. The molecule has 20 heavy (non-hydrogen) atoms. The number of rotatable bonds is 3. The highest BCUT2D eigenvalue weighted by Crippen LogP contribution is 2.45. The van der Waals surface area contributed by atoms with Crippen molar-refractivity contribution in [2.45, 2.75) is 18.4 Å². The van der Waals surface area contributed by atoms with Gasteiger partial charge in [-0.1, -0.05) is 15.9 Å². The molecule has 0 atom stereocenters. The smallest absolute Gasteiger partial charge is 0.254 e. The van der Waals surface area contributed by atoms with Crippen molar-refractivity contribution in [1.82, 2.24) is 15.1 Å². The number of carbonyl (C=O) groups excluding carboxylic acids is 1. The number of nitrogens with one attached hydrogen (secondary N) is 1. The Morgan fingerprint density at radius 1 is 1.50 bits per heavy atom. The molecule has 5 nitrogen and oxygen atoms in total. The van der Waals surface area contributed by atoms with Gasteiger partial charge in [-0.2, -0.15) is 5.10 Å². The molecule has 0 unspecified atom stereocenters. The second kappa shape index (κ2) is 4.63. The maximum atomic E-state index is 12.4. The molecule has 6 heteroatoms. The fourth-order valence-electron chi connectivity index (χ4n) is 2.29. The van der Waals surface area contributed by atoms with Gasteiger partial charge in [-0.15, -0.1) is 0 Å². The fourth-order valence-corrected chi connectivity index (χ4v) is 2.65. The summed E-state index contributed by atoms with van der Waals surface area (Å²) in [6, 6.07) is 5.28. The van der Waals surface area contributed by atoms with Crippen LogP contribution in [0.25, 0.3) is 0 Å². The van der Waals surface area contributed by atoms with Crippen LogP contribution in [0.4, 0.5) is 5.69 Å². The predicted octanol–water partition coefficient (Wildman–Crippen LogP) is 2.18. The molecule has 2 aromatic rings. The van der Waals surface area contributed by atoms with Crippen LogP contribution < -0.4 is 11.1 Å². The molecule has 1 fully saturated rings. The van der Waals surface area contributed by atoms with Crippen molar-refractivity contribution in [3.8, 4) is 0 Å². The van der Waals surface area contributed by atoms with Crippen LogP contribution >= 0.6 is 15.9 Å². The van der Waals surface area contributed by atoms with Gasteiger partial charge >= 0.3 is 0 Å². The molecule has 1 amide bonds. The van der Waals surface area contributed by atoms with Gasteiger partial charge in [0.1, 0.15) is 0 Å². The zero-order valence-corrected chi connectivity index (χ0v) is 12.6. The summed E-state index contributed by atoms with van der Waals surface area (Å²) in [6.45, 7) is 0. The Labute approximate surface area is 125 Å². The summed E-state index contributed by atoms with van der Waals surface area (Å²) in [5.41, 5.74) is 7.61. The summed E-state index contributed by atoms with van der Waals surface area (Å²) < 4.78 is 2.58. The molecule has 0 bridgehead atoms. The molecular weight excluding hydrogens is 320 g/mol. The lowest BCUT2D eigenvalue weighted by Gasteiger charge is -2.16. The largest absolute Gasteiger partial charge is 0.398 e. The van der Waals surface area contributed by atoms with Crippen molar-refractivity contribution in [1.29, 1.82) is 0 Å². The van der Waals surface area contributed by atoms with Crippen LogP contribution in [0.3, 0.4) is 0 Å². The third-order valence-electron chi connectivity index (χ3n) is 3.62. The molecule has 0 saturated heterocycles. The molecule has 3 rings (SSSR count). The average Bonchev–Trinajstić information content (AvgIpc) is 3.05. The topological polar surface area (TPSA) is 72.9 Å². The Morgan fingerprint density at radius 2 is 2.25 bits per heavy atom. The summed E-state index contributed by atoms with van der Waals surface area (Å²) in [7, 11) is 1.87. The van der Waals surface area contributed by atoms with Gasteiger partial charge in [0.2, 0.25) is 0 Å². The van der Waals surface area contributed by atoms with Crippen molar-refractivity contribution >= 4 is 27.5 Å². The van der Waals surface area contributed by atoms with E-state index in [1.165, 1.54) is 0 Å². The molecule has 0 spiro atoms. The zero-order valence-electron chi connectivity index (χ0n) is 11.1. The Bertz CT molecular complexity index is 676. The third kappa shape index (κ3) is 2.31. The molecular formula is C14H15BrN4O. The SMILES string of the molecule is Cn1cc(C2(NC(=O)c3cc(Br)ccc3N)CC2)cn1. The third-order valence-corrected chi connectivity index (χ3v) is 4.11. The van der Waals surface area contributed by atoms with Crippen LogP contribution in [0.1, 0.15) is 28.8 Å². The minimum absolute atomic E-state index is 0.148. The van der Waals surface area contributed by atoms with E-state index in [1.54, 1.807) is 23.0 Å². The van der Waals surface area contributed by atoms with Crippen LogP contribution in [0.5, 0.6) is 0 Å². The van der Waals surface area contributed by atoms with Crippen molar-refractivity contribution < 1.29 is 4.79 Å². The van der Waals surface area contributed by atoms with Crippen LogP contribution in [-0.2, 0) is 12.6 Å². The van der Waals surface area contributed by atoms with Crippen molar-refractivity contribution in [2.24, 2.45) is 7.05 Å². The second-order valence-electron chi connectivity index (χ2n) is 5.17. The first-order valence-corrected chi connectivity index (χ1v) is 7.16. The van der Waals surface area contributed by atoms with E-state index in [4.69, 9.17) is 5.73 Å². The average molecular weight is 335 g/mol. The van der Waals surface area contributed by atoms with E-state index in [2.05, 4.69) is 26.3 Å². The number of aromatic nitrogens is 2. The van der Waals surface area contributed by atoms with Crippen LogP contribution in [0.15, 0.2) is 35.1 Å². The lowest BCUT2D eigenvalue weighted by Crippen LogP contribution is -2.35. The summed E-state index contributed by atoms with van der Waals surface area (Å²) >= 11 is 3.36. The Kier molecular flexibility index (Phi) is 3.05. The van der Waals surface area contributed by atoms with E-state index in [1.807, 2.05) is 19.3 Å². The van der Waals surface area contributed by atoms with Crippen molar-refractivity contribution in [3.05, 3.63) is 46.2 Å². The summed E-state index contributed by atoms with van der Waals surface area (Å²) in [6.07, 6.45) is 5.60. The molecule has 1 aliphatic rings. The number of hydrogen-bond donors (Lipinski definition) is 2. The summed E-state index contributed by atoms with van der Waals surface area (Å²) in [5.74, 6) is -0.148. The van der Waals surface area contributed by atoms with Gasteiger partial charge in [-0.25, -0.2) is 0 Å². The number of nitrogen functional groups attached to an aromatic ring is 1. The quantitative estimate of drug-likeness (QED) is 0.845. The lowest BCUT2D eigenvalue weighted by molar-refractivity contribution is 0.0931. The Hall–Kier alpha value is -1.82. The van der Waals surface area contributed by atoms with Crippen LogP contribution in [0.2, 0.25) is 0 Å². The van der Waals surface area contributed by atoms with Gasteiger partial charge in [-0.05, 0) is 31.0 Å². The zero-order chi connectivity index (χ0) is 14.3. The monoisotopic (exact) mass is 334 g/mol. The van der Waals surface area contributed by atoms with E-state index >= 15 is 0 Å². The normalized spacial score (nSPS) is 15.9. The molecule has 1 aromatic heterocycles. The minimum Gasteiger partial charge on any atom is -0.398 e. The molecule has 1 aliphatic carbocycles. The maximum absolute atomic E-state index is 12.4. The number of halogens is 1. The predicted molar refractivity (Wildman–Crippen MR) is 80.1 cm³/mol. The van der Waals surface area contributed by atoms with Crippen LogP contribution in [-0.4, -0.2) is 15.7 Å². The number of nitrogens with two attached hydrogens (primary N) is 1. The fraction of sp³-hybridized carbons (Fsp3) is 0.286. The van der Waals surface area contributed by atoms with E-state index in [-0.39, 0.29) is 11.4 Å². The molecule has 3 N–H and O–H groups in total. The highest BCUT2D eigenvalue weighted by Gasteiger charge is 2.46. The molecule has 1 aromatic carbocycles. The first-order valence-electron chi connectivity index (χ1n) is 6.37. The molecule has 0 aliphatic heterocycles. The lowest BCUT2D eigenvalue weighted by atomic mass is 10.1. The van der Waals surface area contributed by atoms with E-state index in [9.17, 15) is 4.79 Å². The highest BCUT2D eigenvalue weighted by atomic mass is 79.9. The Morgan fingerprint density at radius 3 is 2.85 bits per heavy atom. The van der Waals surface area contributed by atoms with E-state index in [0.29, 0.717) is 11.3 Å². The molecule has 104 valence electrons. The molecule has 0 radical (unpaired) electrons. The number of aryl methyl sites for hydroxylation is 1. The molecule has 1 heterocycles. The number of hydrogen-bond acceptors (Lipinski definition) is 3. The maximum Gasteiger partial charge on any atom is 0.254 e. The van der Waals surface area contributed by atoms with Crippen molar-refractivity contribution in [3.63, 3.8) is 0 Å². The van der Waals surface area contributed by atoms with Gasteiger partial charge in [0.15, 0.2) is 0 Å². The van der Waals surface area contributed by atoms with Gasteiger partial charge in [0.25, 0.3) is 5.91 Å². The van der Waals surface area contributed by atoms with Gasteiger partial charge in [-0.3, -0.25) is 9.48 Å². The Balaban J connectivity index is 1.84. The second-order valence-corrected chi connectivity index (χ2v) is 6.09. The number of anilines is 1. The van der Waals surface area contributed by atoms with E-state index < -0.39 is 0 Å². The number of carbonyl (C=O) groups is 1. The van der Waals surface area contributed by atoms with Crippen molar-refractivity contribution in [2.75, 3.05) is 5.73 Å². The summed E-state index contributed by atoms with van der Waals surface area (Å²) in [4.78, 5) is 12.4. The van der Waals surface area contributed by atoms with Gasteiger partial charge in [0.05, 0.1) is 17.3 Å². The highest BCUT2D eigenvalue weighted by molar-refractivity contribution is 9.10. The first kappa shape index (κ1) is 13.2. The summed E-state index contributed by atoms with van der Waals surface area (Å²) in [5, 5.41) is 7.26. The number of amides is 1. The number of benzene rings is 1. The molecule has 1 saturated carbocycles. The standard InChI is InChI=1S/C14H15BrN4O/c1-19-8-9(7-17-19)14(4-5-14)18-13(20)11-6-10(15)2-3-12(11)16/h2-3,6-8H,4-5,16H2,1H3,(H,18,20). The van der Waals surface area contributed by atoms with Crippen LogP contribution in [0, 0.1) is 0 Å².